The summed E-state index contributed by atoms with van der Waals surface area (Å²) in [5, 5.41) is 6.59. The van der Waals surface area contributed by atoms with E-state index in [1.807, 2.05) is 0 Å². The van der Waals surface area contributed by atoms with E-state index in [-0.39, 0.29) is 11.9 Å². The third kappa shape index (κ3) is 3.88. The predicted octanol–water partition coefficient (Wildman–Crippen LogP) is 4.39. The number of rotatable bonds is 4. The number of carbonyl (C=O) groups excluding carboxylic acids is 1. The first-order valence-corrected chi connectivity index (χ1v) is 10.3. The Morgan fingerprint density at radius 2 is 1.68 bits per heavy atom. The van der Waals surface area contributed by atoms with Gasteiger partial charge in [-0.1, -0.05) is 53.6 Å². The standard InChI is InChI=1S/C24H29N3O/c1-17-6-9-20(10-7-17)23-15-22(21-11-8-18(2)14-19(21)3)25-27(23)24(28)16-26-12-4-5-13-26/h6-11,14,23H,4-5,12-13,15-16H2,1-3H3/t23-/m0/s1. The molecule has 0 aliphatic carbocycles. The minimum absolute atomic E-state index is 0.0218. The van der Waals surface area contributed by atoms with Crippen molar-refractivity contribution in [2.75, 3.05) is 19.6 Å². The van der Waals surface area contributed by atoms with E-state index in [0.29, 0.717) is 6.54 Å². The molecule has 2 aliphatic rings. The second-order valence-corrected chi connectivity index (χ2v) is 8.22. The number of hydrogen-bond acceptors (Lipinski definition) is 3. The molecule has 1 atom stereocenters. The first-order chi connectivity index (χ1) is 13.5. The highest BCUT2D eigenvalue weighted by Gasteiger charge is 2.34. The summed E-state index contributed by atoms with van der Waals surface area (Å²) >= 11 is 0. The Bertz CT molecular complexity index is 895. The second-order valence-electron chi connectivity index (χ2n) is 8.22. The van der Waals surface area contributed by atoms with Gasteiger partial charge < -0.3 is 0 Å². The lowest BCUT2D eigenvalue weighted by Gasteiger charge is -2.24. The number of aryl methyl sites for hydroxylation is 3. The second kappa shape index (κ2) is 7.88. The number of carbonyl (C=O) groups is 1. The number of benzene rings is 2. The van der Waals surface area contributed by atoms with Crippen molar-refractivity contribution in [3.8, 4) is 0 Å². The van der Waals surface area contributed by atoms with E-state index in [1.54, 1.807) is 5.01 Å². The van der Waals surface area contributed by atoms with Crippen LogP contribution in [0.2, 0.25) is 0 Å². The molecule has 0 spiro atoms. The molecule has 146 valence electrons. The van der Waals surface area contributed by atoms with Crippen molar-refractivity contribution < 1.29 is 4.79 Å². The topological polar surface area (TPSA) is 35.9 Å². The maximum absolute atomic E-state index is 13.1. The molecule has 2 heterocycles. The fourth-order valence-corrected chi connectivity index (χ4v) is 4.29. The van der Waals surface area contributed by atoms with E-state index in [4.69, 9.17) is 5.10 Å². The number of hydrazone groups is 1. The summed E-state index contributed by atoms with van der Waals surface area (Å²) in [6.45, 7) is 8.82. The Balaban J connectivity index is 1.64. The molecular weight excluding hydrogens is 346 g/mol. The van der Waals surface area contributed by atoms with Crippen LogP contribution >= 0.6 is 0 Å². The highest BCUT2D eigenvalue weighted by molar-refractivity contribution is 6.04. The minimum atomic E-state index is -0.0218. The van der Waals surface area contributed by atoms with Gasteiger partial charge in [0.2, 0.25) is 0 Å². The average molecular weight is 376 g/mol. The van der Waals surface area contributed by atoms with Crippen molar-refractivity contribution in [1.82, 2.24) is 9.91 Å². The first kappa shape index (κ1) is 18.9. The van der Waals surface area contributed by atoms with Crippen LogP contribution < -0.4 is 0 Å². The molecule has 1 saturated heterocycles. The van der Waals surface area contributed by atoms with Crippen LogP contribution in [-0.2, 0) is 4.79 Å². The lowest BCUT2D eigenvalue weighted by molar-refractivity contribution is -0.134. The minimum Gasteiger partial charge on any atom is -0.294 e. The van der Waals surface area contributed by atoms with E-state index in [1.165, 1.54) is 29.5 Å². The van der Waals surface area contributed by atoms with E-state index in [0.717, 1.165) is 36.3 Å². The lowest BCUT2D eigenvalue weighted by atomic mass is 9.95. The largest absolute Gasteiger partial charge is 0.294 e. The number of hydrogen-bond donors (Lipinski definition) is 0. The van der Waals surface area contributed by atoms with Gasteiger partial charge in [-0.3, -0.25) is 9.69 Å². The van der Waals surface area contributed by atoms with Crippen LogP contribution in [0.4, 0.5) is 0 Å². The first-order valence-electron chi connectivity index (χ1n) is 10.3. The van der Waals surface area contributed by atoms with Gasteiger partial charge in [0.1, 0.15) is 0 Å². The van der Waals surface area contributed by atoms with Crippen molar-refractivity contribution in [1.29, 1.82) is 0 Å². The van der Waals surface area contributed by atoms with Crippen molar-refractivity contribution in [2.45, 2.75) is 46.1 Å². The van der Waals surface area contributed by atoms with Crippen LogP contribution in [0.1, 0.15) is 53.1 Å². The zero-order valence-electron chi connectivity index (χ0n) is 17.1. The third-order valence-electron chi connectivity index (χ3n) is 5.88. The Morgan fingerprint density at radius 1 is 1.00 bits per heavy atom. The van der Waals surface area contributed by atoms with Crippen LogP contribution in [-0.4, -0.2) is 41.2 Å². The van der Waals surface area contributed by atoms with Gasteiger partial charge in [0, 0.05) is 12.0 Å². The van der Waals surface area contributed by atoms with E-state index >= 15 is 0 Å². The van der Waals surface area contributed by atoms with Gasteiger partial charge in [0.25, 0.3) is 5.91 Å². The summed E-state index contributed by atoms with van der Waals surface area (Å²) in [5.41, 5.74) is 7.01. The molecule has 0 radical (unpaired) electrons. The molecule has 0 aromatic heterocycles. The number of amides is 1. The molecular formula is C24H29N3O. The average Bonchev–Trinajstić information content (AvgIpc) is 3.32. The van der Waals surface area contributed by atoms with Gasteiger partial charge in [0.15, 0.2) is 0 Å². The van der Waals surface area contributed by atoms with Gasteiger partial charge in [-0.05, 0) is 57.8 Å². The molecule has 2 aliphatic heterocycles. The van der Waals surface area contributed by atoms with Crippen molar-refractivity contribution in [2.24, 2.45) is 5.10 Å². The molecule has 28 heavy (non-hydrogen) atoms. The van der Waals surface area contributed by atoms with Gasteiger partial charge in [0.05, 0.1) is 18.3 Å². The molecule has 4 heteroatoms. The molecule has 2 aromatic rings. The summed E-state index contributed by atoms with van der Waals surface area (Å²) in [4.78, 5) is 15.4. The van der Waals surface area contributed by atoms with Crippen LogP contribution in [0.3, 0.4) is 0 Å². The molecule has 0 unspecified atom stereocenters. The third-order valence-corrected chi connectivity index (χ3v) is 5.88. The van der Waals surface area contributed by atoms with Crippen LogP contribution in [0.25, 0.3) is 0 Å². The van der Waals surface area contributed by atoms with E-state index in [9.17, 15) is 4.79 Å². The predicted molar refractivity (Wildman–Crippen MR) is 114 cm³/mol. The fourth-order valence-electron chi connectivity index (χ4n) is 4.29. The maximum atomic E-state index is 13.1. The van der Waals surface area contributed by atoms with Crippen LogP contribution in [0, 0.1) is 20.8 Å². The molecule has 0 N–H and O–H groups in total. The van der Waals surface area contributed by atoms with Gasteiger partial charge in [-0.15, -0.1) is 0 Å². The van der Waals surface area contributed by atoms with Gasteiger partial charge in [-0.25, -0.2) is 5.01 Å². The highest BCUT2D eigenvalue weighted by Crippen LogP contribution is 2.34. The Morgan fingerprint density at radius 3 is 2.36 bits per heavy atom. The zero-order chi connectivity index (χ0) is 19.7. The Kier molecular flexibility index (Phi) is 5.31. The molecule has 2 aromatic carbocycles. The number of likely N-dealkylation sites (tertiary alicyclic amines) is 1. The van der Waals surface area contributed by atoms with Crippen LogP contribution in [0.5, 0.6) is 0 Å². The lowest BCUT2D eigenvalue weighted by Crippen LogP contribution is -2.36. The highest BCUT2D eigenvalue weighted by atomic mass is 16.2. The smallest absolute Gasteiger partial charge is 0.257 e. The fraction of sp³-hybridized carbons (Fsp3) is 0.417. The quantitative estimate of drug-likeness (QED) is 0.795. The summed E-state index contributed by atoms with van der Waals surface area (Å²) in [6, 6.07) is 14.9. The van der Waals surface area contributed by atoms with Crippen molar-refractivity contribution in [3.05, 3.63) is 70.3 Å². The van der Waals surface area contributed by atoms with E-state index < -0.39 is 0 Å². The van der Waals surface area contributed by atoms with Crippen molar-refractivity contribution >= 4 is 11.6 Å². The summed E-state index contributed by atoms with van der Waals surface area (Å²) in [7, 11) is 0. The molecule has 1 fully saturated rings. The molecule has 0 saturated carbocycles. The summed E-state index contributed by atoms with van der Waals surface area (Å²) in [6.07, 6.45) is 3.14. The molecule has 4 rings (SSSR count). The Hall–Kier alpha value is -2.46. The van der Waals surface area contributed by atoms with Gasteiger partial charge >= 0.3 is 0 Å². The van der Waals surface area contributed by atoms with Crippen LogP contribution in [0.15, 0.2) is 47.6 Å². The summed E-state index contributed by atoms with van der Waals surface area (Å²) in [5.74, 6) is 0.104. The zero-order valence-corrected chi connectivity index (χ0v) is 17.1. The Labute approximate surface area is 167 Å². The summed E-state index contributed by atoms with van der Waals surface area (Å²) < 4.78 is 0. The molecule has 4 nitrogen and oxygen atoms in total. The van der Waals surface area contributed by atoms with Gasteiger partial charge in [-0.2, -0.15) is 5.10 Å². The van der Waals surface area contributed by atoms with E-state index in [2.05, 4.69) is 68.1 Å². The SMILES string of the molecule is Cc1ccc([C@@H]2CC(c3ccc(C)cc3C)=NN2C(=O)CN2CCCC2)cc1. The maximum Gasteiger partial charge on any atom is 0.257 e. The number of nitrogens with zero attached hydrogens (tertiary/aromatic N) is 3. The normalized spacial score (nSPS) is 19.9. The molecule has 0 bridgehead atoms. The molecule has 1 amide bonds. The monoisotopic (exact) mass is 375 g/mol. The van der Waals surface area contributed by atoms with Crippen molar-refractivity contribution in [3.63, 3.8) is 0 Å².